The molecular formula is C40H30Cl2N2O18S5. The van der Waals surface area contributed by atoms with Crippen LogP contribution in [-0.2, 0) is 50.3 Å². The van der Waals surface area contributed by atoms with Crippen molar-refractivity contribution >= 4 is 73.5 Å². The maximum atomic E-state index is 13.7. The van der Waals surface area contributed by atoms with Crippen molar-refractivity contribution < 1.29 is 79.2 Å². The highest BCUT2D eigenvalue weighted by Gasteiger charge is 2.28. The Hall–Kier alpha value is -6.33. The number of hydrogen-bond donors (Lipinski definition) is 4. The molecule has 0 aliphatic heterocycles. The Morgan fingerprint density at radius 2 is 0.701 bits per heavy atom. The molecule has 352 valence electrons. The first-order chi connectivity index (χ1) is 31.0. The second-order valence-corrected chi connectivity index (χ2v) is 21.4. The molecule has 0 atom stereocenters. The zero-order valence-corrected chi connectivity index (χ0v) is 39.3. The zero-order valence-electron chi connectivity index (χ0n) is 33.7. The first-order valence-corrected chi connectivity index (χ1v) is 26.4. The topological polar surface area (TPSA) is 336 Å². The van der Waals surface area contributed by atoms with Crippen molar-refractivity contribution in [3.05, 3.63) is 142 Å². The largest absolute Gasteiger partial charge is 0.456 e. The van der Waals surface area contributed by atoms with Crippen molar-refractivity contribution in [2.24, 2.45) is 0 Å². The molecular weight excluding hydrogens is 1030 g/mol. The summed E-state index contributed by atoms with van der Waals surface area (Å²) in [5.74, 6) is 0.0155. The smallest absolute Gasteiger partial charge is 0.298 e. The average molecular weight is 1060 g/mol. The molecule has 0 saturated heterocycles. The summed E-state index contributed by atoms with van der Waals surface area (Å²) in [7, 11) is -22.3. The van der Waals surface area contributed by atoms with Crippen LogP contribution in [-0.4, -0.2) is 72.8 Å². The Kier molecular flexibility index (Phi) is 17.1. The van der Waals surface area contributed by atoms with Gasteiger partial charge in [0.15, 0.2) is 0 Å². The maximum Gasteiger partial charge on any atom is 0.298 e. The molecule has 0 radical (unpaired) electrons. The first-order valence-electron chi connectivity index (χ1n) is 17.6. The van der Waals surface area contributed by atoms with Crippen LogP contribution in [0.25, 0.3) is 0 Å². The number of benzene rings is 6. The van der Waals surface area contributed by atoms with Crippen LogP contribution in [0.4, 0.5) is 0 Å². The van der Waals surface area contributed by atoms with Crippen molar-refractivity contribution in [3.63, 3.8) is 0 Å². The predicted molar refractivity (Wildman–Crippen MR) is 238 cm³/mol. The summed E-state index contributed by atoms with van der Waals surface area (Å²) >= 11 is 12.1. The van der Waals surface area contributed by atoms with Gasteiger partial charge in [0.05, 0.1) is 32.3 Å². The standard InChI is InChI=1S/C38H22Cl2N2O12S3.2CH4O3S/c39-31-3-1-5-33(29(31)21-41)51-23-7-11-25(12-8-23)53-35-17-15-27(19-37(35)56(45,46)47)55(43,44)28-16-18-36(38(20-28)57(48,49)50)54-26-13-9-24(10-14-26)52-34-6-2-4-32(40)30(34)22-42;2*1-5(2,3)4/h1-20H,(H,45,46,47)(H,48,49,50);2*1H3,(H,2,3,4). The molecule has 6 rings (SSSR count). The van der Waals surface area contributed by atoms with Crippen molar-refractivity contribution in [2.75, 3.05) is 12.5 Å². The van der Waals surface area contributed by atoms with Crippen LogP contribution in [0.1, 0.15) is 11.1 Å². The van der Waals surface area contributed by atoms with Gasteiger partial charge in [-0.1, -0.05) is 35.3 Å². The third kappa shape index (κ3) is 15.9. The summed E-state index contributed by atoms with van der Waals surface area (Å²) in [6.45, 7) is 0. The van der Waals surface area contributed by atoms with E-state index in [1.165, 1.54) is 72.8 Å². The van der Waals surface area contributed by atoms with Crippen molar-refractivity contribution in [3.8, 4) is 58.1 Å². The van der Waals surface area contributed by atoms with Crippen LogP contribution < -0.4 is 18.9 Å². The minimum atomic E-state index is -5.12. The van der Waals surface area contributed by atoms with Gasteiger partial charge in [-0.2, -0.15) is 44.2 Å². The monoisotopic (exact) mass is 1060 g/mol. The Balaban J connectivity index is 0.000000886. The number of ether oxygens (including phenoxy) is 4. The van der Waals surface area contributed by atoms with Gasteiger partial charge in [0.2, 0.25) is 9.84 Å². The molecule has 0 saturated carbocycles. The highest BCUT2D eigenvalue weighted by atomic mass is 35.5. The van der Waals surface area contributed by atoms with Crippen LogP contribution in [0.3, 0.4) is 0 Å². The number of hydrogen-bond acceptors (Lipinski definition) is 16. The van der Waals surface area contributed by atoms with Crippen LogP contribution >= 0.6 is 23.2 Å². The Labute approximate surface area is 393 Å². The molecule has 6 aromatic rings. The SMILES string of the molecule is CS(=O)(=O)O.CS(=O)(=O)O.N#Cc1c(Cl)cccc1Oc1ccc(Oc2ccc(S(=O)(=O)c3ccc(Oc4ccc(Oc5cccc(Cl)c5C#N)cc4)c(S(=O)(=O)O)c3)cc2S(=O)(=O)O)cc1. The predicted octanol–water partition coefficient (Wildman–Crippen LogP) is 8.24. The molecule has 6 aromatic carbocycles. The van der Waals surface area contributed by atoms with Crippen LogP contribution in [0.2, 0.25) is 10.0 Å². The Bertz CT molecular complexity index is 3250. The maximum absolute atomic E-state index is 13.7. The quantitative estimate of drug-likeness (QED) is 0.0838. The van der Waals surface area contributed by atoms with E-state index < -0.39 is 81.4 Å². The second-order valence-electron chi connectivity index (χ2n) is 12.9. The molecule has 0 aliphatic rings. The molecule has 27 heteroatoms. The van der Waals surface area contributed by atoms with E-state index in [4.69, 9.17) is 51.3 Å². The van der Waals surface area contributed by atoms with E-state index >= 15 is 0 Å². The van der Waals surface area contributed by atoms with Gasteiger partial charge in [-0.3, -0.25) is 18.2 Å². The van der Waals surface area contributed by atoms with Gasteiger partial charge < -0.3 is 18.9 Å². The molecule has 0 heterocycles. The van der Waals surface area contributed by atoms with Gasteiger partial charge in [0, 0.05) is 0 Å². The van der Waals surface area contributed by atoms with Gasteiger partial charge >= 0.3 is 0 Å². The molecule has 0 aliphatic carbocycles. The first kappa shape index (κ1) is 53.3. The van der Waals surface area contributed by atoms with Gasteiger partial charge in [0.25, 0.3) is 40.5 Å². The lowest BCUT2D eigenvalue weighted by Gasteiger charge is -2.14. The van der Waals surface area contributed by atoms with Gasteiger partial charge in [-0.05, 0) is 109 Å². The van der Waals surface area contributed by atoms with Crippen molar-refractivity contribution in [1.29, 1.82) is 10.5 Å². The molecule has 4 N–H and O–H groups in total. The minimum absolute atomic E-state index is 0.0410. The number of nitriles is 2. The minimum Gasteiger partial charge on any atom is -0.456 e. The third-order valence-electron chi connectivity index (χ3n) is 7.74. The summed E-state index contributed by atoms with van der Waals surface area (Å²) in [6, 6.07) is 29.5. The number of nitrogens with zero attached hydrogens (tertiary/aromatic N) is 2. The Morgan fingerprint density at radius 3 is 0.955 bits per heavy atom. The molecule has 0 fully saturated rings. The number of sulfone groups is 1. The average Bonchev–Trinajstić information content (AvgIpc) is 3.21. The molecule has 0 spiro atoms. The zero-order chi connectivity index (χ0) is 50.1. The van der Waals surface area contributed by atoms with Crippen LogP contribution in [0.15, 0.2) is 141 Å². The Morgan fingerprint density at radius 1 is 0.433 bits per heavy atom. The lowest BCUT2D eigenvalue weighted by Crippen LogP contribution is -2.08. The lowest BCUT2D eigenvalue weighted by molar-refractivity contribution is 0.445. The van der Waals surface area contributed by atoms with Gasteiger partial charge in [-0.15, -0.1) is 0 Å². The fraction of sp³-hybridized carbons (Fsp3) is 0.0500. The van der Waals surface area contributed by atoms with E-state index in [2.05, 4.69) is 0 Å². The molecule has 0 unspecified atom stereocenters. The van der Waals surface area contributed by atoms with Crippen LogP contribution in [0, 0.1) is 22.7 Å². The second kappa shape index (κ2) is 21.5. The van der Waals surface area contributed by atoms with E-state index in [0.29, 0.717) is 24.6 Å². The van der Waals surface area contributed by atoms with E-state index in [0.717, 1.165) is 24.3 Å². The molecule has 67 heavy (non-hydrogen) atoms. The highest BCUT2D eigenvalue weighted by Crippen LogP contribution is 2.38. The molecule has 0 amide bonds. The molecule has 0 bridgehead atoms. The van der Waals surface area contributed by atoms with E-state index in [9.17, 15) is 61.7 Å². The van der Waals surface area contributed by atoms with E-state index in [1.54, 1.807) is 12.1 Å². The fourth-order valence-electron chi connectivity index (χ4n) is 5.07. The van der Waals surface area contributed by atoms with E-state index in [-0.39, 0.29) is 55.7 Å². The summed E-state index contributed by atoms with van der Waals surface area (Å²) in [4.78, 5) is -3.26. The van der Waals surface area contributed by atoms with Crippen molar-refractivity contribution in [2.45, 2.75) is 19.6 Å². The summed E-state index contributed by atoms with van der Waals surface area (Å²) in [5.41, 5.74) is 0.207. The fourth-order valence-corrected chi connectivity index (χ4v) is 8.23. The summed E-state index contributed by atoms with van der Waals surface area (Å²) < 4.78 is 172. The number of rotatable bonds is 12. The molecule has 20 nitrogen and oxygen atoms in total. The lowest BCUT2D eigenvalue weighted by atomic mass is 10.2. The van der Waals surface area contributed by atoms with Gasteiger partial charge in [-0.25, -0.2) is 8.42 Å². The molecule has 0 aromatic heterocycles. The highest BCUT2D eigenvalue weighted by molar-refractivity contribution is 7.91. The number of halogens is 2. The van der Waals surface area contributed by atoms with Crippen molar-refractivity contribution in [1.82, 2.24) is 0 Å². The third-order valence-corrected chi connectivity index (χ3v) is 11.9. The summed E-state index contributed by atoms with van der Waals surface area (Å²) in [5, 5.41) is 19.1. The summed E-state index contributed by atoms with van der Waals surface area (Å²) in [6.07, 6.45) is 1.43. The van der Waals surface area contributed by atoms with Crippen LogP contribution in [0.5, 0.6) is 46.0 Å². The van der Waals surface area contributed by atoms with Gasteiger partial charge in [0.1, 0.15) is 79.1 Å². The van der Waals surface area contributed by atoms with E-state index in [1.807, 2.05) is 12.1 Å². The normalized spacial score (nSPS) is 11.6.